The first-order chi connectivity index (χ1) is 16.0. The fraction of sp³-hybridized carbons (Fsp3) is 0.125. The SMILES string of the molecule is CCOC(=O)c1cnn(-c2cc(O)c(C(=O)NCc3ccc(-c4ccccc4)nc3)cn2)c1. The molecule has 33 heavy (non-hydrogen) atoms. The number of amides is 1. The molecule has 0 aliphatic rings. The van der Waals surface area contributed by atoms with Gasteiger partial charge in [-0.15, -0.1) is 0 Å². The largest absolute Gasteiger partial charge is 0.507 e. The average Bonchev–Trinajstić information content (AvgIpc) is 3.34. The number of aromatic nitrogens is 4. The number of hydrogen-bond acceptors (Lipinski definition) is 7. The molecule has 1 aromatic carbocycles. The van der Waals surface area contributed by atoms with Crippen LogP contribution < -0.4 is 5.32 Å². The van der Waals surface area contributed by atoms with Crippen molar-refractivity contribution in [2.75, 3.05) is 6.61 Å². The Kier molecular flexibility index (Phi) is 6.40. The molecule has 166 valence electrons. The van der Waals surface area contributed by atoms with Crippen LogP contribution in [0.25, 0.3) is 17.1 Å². The molecule has 0 aliphatic heterocycles. The molecule has 4 aromatic rings. The van der Waals surface area contributed by atoms with Gasteiger partial charge in [-0.25, -0.2) is 14.5 Å². The maximum Gasteiger partial charge on any atom is 0.341 e. The summed E-state index contributed by atoms with van der Waals surface area (Å²) >= 11 is 0. The molecule has 9 nitrogen and oxygen atoms in total. The van der Waals surface area contributed by atoms with Crippen LogP contribution in [-0.2, 0) is 11.3 Å². The van der Waals surface area contributed by atoms with E-state index >= 15 is 0 Å². The maximum atomic E-state index is 12.5. The predicted molar refractivity (Wildman–Crippen MR) is 120 cm³/mol. The lowest BCUT2D eigenvalue weighted by molar-refractivity contribution is 0.0526. The van der Waals surface area contributed by atoms with Gasteiger partial charge in [-0.05, 0) is 18.6 Å². The number of carbonyl (C=O) groups excluding carboxylic acids is 2. The zero-order valence-corrected chi connectivity index (χ0v) is 17.8. The smallest absolute Gasteiger partial charge is 0.341 e. The zero-order chi connectivity index (χ0) is 23.2. The quantitative estimate of drug-likeness (QED) is 0.421. The van der Waals surface area contributed by atoms with Gasteiger partial charge in [0.1, 0.15) is 5.75 Å². The molecule has 9 heteroatoms. The molecule has 0 fully saturated rings. The van der Waals surface area contributed by atoms with Crippen LogP contribution in [0, 0.1) is 0 Å². The van der Waals surface area contributed by atoms with Crippen LogP contribution >= 0.6 is 0 Å². The summed E-state index contributed by atoms with van der Waals surface area (Å²) in [4.78, 5) is 32.9. The molecule has 0 aliphatic carbocycles. The molecule has 0 saturated carbocycles. The van der Waals surface area contributed by atoms with Crippen molar-refractivity contribution in [1.82, 2.24) is 25.1 Å². The van der Waals surface area contributed by atoms with Gasteiger partial charge < -0.3 is 15.2 Å². The van der Waals surface area contributed by atoms with Gasteiger partial charge in [0.25, 0.3) is 5.91 Å². The number of ether oxygens (including phenoxy) is 1. The summed E-state index contributed by atoms with van der Waals surface area (Å²) in [6.45, 7) is 2.20. The number of carbonyl (C=O) groups is 2. The molecule has 0 atom stereocenters. The third-order valence-electron chi connectivity index (χ3n) is 4.79. The van der Waals surface area contributed by atoms with Crippen molar-refractivity contribution in [2.45, 2.75) is 13.5 Å². The van der Waals surface area contributed by atoms with Gasteiger partial charge in [0.05, 0.1) is 29.6 Å². The third kappa shape index (κ3) is 5.04. The molecular formula is C24H21N5O4. The first kappa shape index (κ1) is 21.7. The molecule has 3 heterocycles. The lowest BCUT2D eigenvalue weighted by Crippen LogP contribution is -2.23. The van der Waals surface area contributed by atoms with Gasteiger partial charge in [0, 0.05) is 36.8 Å². The van der Waals surface area contributed by atoms with Crippen molar-refractivity contribution in [3.8, 4) is 22.8 Å². The number of nitrogens with one attached hydrogen (secondary N) is 1. The van der Waals surface area contributed by atoms with Crippen LogP contribution in [0.5, 0.6) is 5.75 Å². The monoisotopic (exact) mass is 443 g/mol. The Hall–Kier alpha value is -4.53. The van der Waals surface area contributed by atoms with Crippen molar-refractivity contribution >= 4 is 11.9 Å². The average molecular weight is 443 g/mol. The molecular weight excluding hydrogens is 422 g/mol. The van der Waals surface area contributed by atoms with E-state index in [1.165, 1.54) is 29.3 Å². The first-order valence-electron chi connectivity index (χ1n) is 10.2. The van der Waals surface area contributed by atoms with E-state index in [0.29, 0.717) is 0 Å². The molecule has 4 rings (SSSR count). The van der Waals surface area contributed by atoms with Crippen LogP contribution in [0.15, 0.2) is 73.3 Å². The molecule has 0 saturated heterocycles. The molecule has 0 bridgehead atoms. The lowest BCUT2D eigenvalue weighted by Gasteiger charge is -2.09. The molecule has 2 N–H and O–H groups in total. The van der Waals surface area contributed by atoms with Crippen molar-refractivity contribution in [2.24, 2.45) is 0 Å². The molecule has 0 unspecified atom stereocenters. The van der Waals surface area contributed by atoms with Crippen LogP contribution in [0.2, 0.25) is 0 Å². The second-order valence-corrected chi connectivity index (χ2v) is 7.05. The van der Waals surface area contributed by atoms with Crippen molar-refractivity contribution in [3.63, 3.8) is 0 Å². The fourth-order valence-electron chi connectivity index (χ4n) is 3.09. The van der Waals surface area contributed by atoms with Gasteiger partial charge >= 0.3 is 5.97 Å². The van der Waals surface area contributed by atoms with E-state index < -0.39 is 11.9 Å². The summed E-state index contributed by atoms with van der Waals surface area (Å²) in [5, 5.41) is 17.1. The standard InChI is InChI=1S/C24H21N5O4/c1-2-33-24(32)18-13-28-29(15-18)22-10-21(30)19(14-26-22)23(31)27-12-16-8-9-20(25-11-16)17-6-4-3-5-7-17/h3-11,13-15H,2,12H2,1H3,(H,26,30)(H,27,31). The Morgan fingerprint density at radius 3 is 2.58 bits per heavy atom. The van der Waals surface area contributed by atoms with Crippen LogP contribution in [0.1, 0.15) is 33.2 Å². The molecule has 0 spiro atoms. The fourth-order valence-corrected chi connectivity index (χ4v) is 3.09. The summed E-state index contributed by atoms with van der Waals surface area (Å²) in [5.74, 6) is -0.995. The van der Waals surface area contributed by atoms with Crippen LogP contribution in [-0.4, -0.2) is 43.3 Å². The summed E-state index contributed by atoms with van der Waals surface area (Å²) in [7, 11) is 0. The van der Waals surface area contributed by atoms with E-state index in [9.17, 15) is 14.7 Å². The van der Waals surface area contributed by atoms with E-state index in [-0.39, 0.29) is 35.8 Å². The Morgan fingerprint density at radius 1 is 1.06 bits per heavy atom. The number of esters is 1. The Bertz CT molecular complexity index is 1270. The molecule has 3 aromatic heterocycles. The van der Waals surface area contributed by atoms with Gasteiger partial charge in [-0.2, -0.15) is 5.10 Å². The maximum absolute atomic E-state index is 12.5. The van der Waals surface area contributed by atoms with Crippen LogP contribution in [0.3, 0.4) is 0 Å². The highest BCUT2D eigenvalue weighted by atomic mass is 16.5. The Balaban J connectivity index is 1.40. The summed E-state index contributed by atoms with van der Waals surface area (Å²) in [6, 6.07) is 14.9. The van der Waals surface area contributed by atoms with E-state index in [1.807, 2.05) is 42.5 Å². The van der Waals surface area contributed by atoms with E-state index in [1.54, 1.807) is 13.1 Å². The van der Waals surface area contributed by atoms with Crippen molar-refractivity contribution in [1.29, 1.82) is 0 Å². The first-order valence-corrected chi connectivity index (χ1v) is 10.2. The second-order valence-electron chi connectivity index (χ2n) is 7.05. The normalized spacial score (nSPS) is 10.6. The highest BCUT2D eigenvalue weighted by Crippen LogP contribution is 2.20. The third-order valence-corrected chi connectivity index (χ3v) is 4.79. The summed E-state index contributed by atoms with van der Waals surface area (Å²) < 4.78 is 6.24. The Labute approximate surface area is 189 Å². The highest BCUT2D eigenvalue weighted by molar-refractivity contribution is 5.96. The predicted octanol–water partition coefficient (Wildman–Crippen LogP) is 3.14. The van der Waals surface area contributed by atoms with E-state index in [0.717, 1.165) is 16.8 Å². The van der Waals surface area contributed by atoms with E-state index in [4.69, 9.17) is 4.74 Å². The van der Waals surface area contributed by atoms with Gasteiger partial charge in [-0.3, -0.25) is 9.78 Å². The number of pyridine rings is 2. The Morgan fingerprint density at radius 2 is 1.88 bits per heavy atom. The topological polar surface area (TPSA) is 119 Å². The number of aromatic hydroxyl groups is 1. The minimum Gasteiger partial charge on any atom is -0.507 e. The minimum atomic E-state index is -0.504. The number of hydrogen-bond donors (Lipinski definition) is 2. The van der Waals surface area contributed by atoms with E-state index in [2.05, 4.69) is 20.4 Å². The van der Waals surface area contributed by atoms with Crippen LogP contribution in [0.4, 0.5) is 0 Å². The van der Waals surface area contributed by atoms with Gasteiger partial charge in [0.15, 0.2) is 5.82 Å². The molecule has 0 radical (unpaired) electrons. The van der Waals surface area contributed by atoms with Gasteiger partial charge in [0.2, 0.25) is 0 Å². The van der Waals surface area contributed by atoms with Gasteiger partial charge in [-0.1, -0.05) is 36.4 Å². The van der Waals surface area contributed by atoms with Crippen molar-refractivity contribution < 1.29 is 19.4 Å². The summed E-state index contributed by atoms with van der Waals surface area (Å²) in [6.07, 6.45) is 5.73. The number of nitrogens with zero attached hydrogens (tertiary/aromatic N) is 4. The second kappa shape index (κ2) is 9.73. The number of rotatable bonds is 7. The summed E-state index contributed by atoms with van der Waals surface area (Å²) in [5.41, 5.74) is 2.94. The van der Waals surface area contributed by atoms with Crippen molar-refractivity contribution in [3.05, 3.63) is 90.0 Å². The lowest BCUT2D eigenvalue weighted by atomic mass is 10.1. The highest BCUT2D eigenvalue weighted by Gasteiger charge is 2.15. The molecule has 1 amide bonds. The minimum absolute atomic E-state index is 0.0189. The number of benzene rings is 1. The zero-order valence-electron chi connectivity index (χ0n) is 17.8.